The fourth-order valence-electron chi connectivity index (χ4n) is 0.804. The Morgan fingerprint density at radius 1 is 1.53 bits per heavy atom. The van der Waals surface area contributed by atoms with E-state index in [0.29, 0.717) is 6.42 Å². The predicted molar refractivity (Wildman–Crippen MR) is 53.3 cm³/mol. The van der Waals surface area contributed by atoms with Crippen molar-refractivity contribution >= 4 is 16.0 Å². The van der Waals surface area contributed by atoms with Crippen LogP contribution >= 0.6 is 0 Å². The first-order chi connectivity index (χ1) is 7.02. The molecule has 86 valence electrons. The Balaban J connectivity index is 3.88. The number of sulfonamides is 1. The molecule has 0 atom stereocenters. The van der Waals surface area contributed by atoms with Crippen LogP contribution < -0.4 is 4.72 Å². The van der Waals surface area contributed by atoms with Crippen molar-refractivity contribution in [2.75, 3.05) is 18.9 Å². The van der Waals surface area contributed by atoms with Gasteiger partial charge in [0.2, 0.25) is 10.0 Å². The van der Waals surface area contributed by atoms with Gasteiger partial charge in [-0.2, -0.15) is 5.26 Å². The van der Waals surface area contributed by atoms with Gasteiger partial charge >= 0.3 is 5.97 Å². The number of nitrogens with one attached hydrogen (secondary N) is 1. The Kier molecular flexibility index (Phi) is 6.66. The molecule has 0 rings (SSSR count). The van der Waals surface area contributed by atoms with Gasteiger partial charge < -0.3 is 4.74 Å². The maximum absolute atomic E-state index is 11.2. The van der Waals surface area contributed by atoms with Gasteiger partial charge in [-0.05, 0) is 13.3 Å². The van der Waals surface area contributed by atoms with E-state index in [2.05, 4.69) is 9.46 Å². The Bertz CT molecular complexity index is 331. The quantitative estimate of drug-likeness (QED) is 0.485. The molecule has 0 radical (unpaired) electrons. The second-order valence-corrected chi connectivity index (χ2v) is 4.53. The van der Waals surface area contributed by atoms with Crippen LogP contribution in [0.1, 0.15) is 19.8 Å². The highest BCUT2D eigenvalue weighted by Crippen LogP contribution is 1.90. The van der Waals surface area contributed by atoms with Crippen LogP contribution in [0.3, 0.4) is 0 Å². The Hall–Kier alpha value is -1.13. The molecule has 0 aliphatic carbocycles. The van der Waals surface area contributed by atoms with Crippen LogP contribution in [-0.4, -0.2) is 33.3 Å². The molecule has 0 aromatic carbocycles. The Morgan fingerprint density at radius 2 is 2.20 bits per heavy atom. The number of carbonyl (C=O) groups excluding carboxylic acids is 1. The first-order valence-corrected chi connectivity index (χ1v) is 6.17. The number of unbranched alkanes of at least 4 members (excludes halogenated alkanes) is 1. The minimum Gasteiger partial charge on any atom is -0.465 e. The first-order valence-electron chi connectivity index (χ1n) is 4.51. The van der Waals surface area contributed by atoms with Gasteiger partial charge in [-0.3, -0.25) is 4.79 Å². The zero-order chi connectivity index (χ0) is 11.7. The maximum atomic E-state index is 11.2. The van der Waals surface area contributed by atoms with Gasteiger partial charge in [0.05, 0.1) is 12.7 Å². The van der Waals surface area contributed by atoms with E-state index in [1.54, 1.807) is 6.92 Å². The van der Waals surface area contributed by atoms with E-state index in [1.807, 2.05) is 6.07 Å². The summed E-state index contributed by atoms with van der Waals surface area (Å²) >= 11 is 0. The van der Waals surface area contributed by atoms with Crippen LogP contribution in [0, 0.1) is 11.3 Å². The topological polar surface area (TPSA) is 96.3 Å². The van der Waals surface area contributed by atoms with Crippen molar-refractivity contribution in [3.8, 4) is 6.07 Å². The first kappa shape index (κ1) is 13.9. The zero-order valence-electron chi connectivity index (χ0n) is 8.52. The molecule has 0 saturated heterocycles. The molecule has 0 saturated carbocycles. The number of hydrogen-bond donors (Lipinski definition) is 1. The fourth-order valence-corrected chi connectivity index (χ4v) is 1.75. The van der Waals surface area contributed by atoms with Crippen molar-refractivity contribution in [1.29, 1.82) is 5.26 Å². The summed E-state index contributed by atoms with van der Waals surface area (Å²) in [6.45, 7) is 1.92. The highest BCUT2D eigenvalue weighted by atomic mass is 32.2. The van der Waals surface area contributed by atoms with Gasteiger partial charge in [0.25, 0.3) is 0 Å². The molecule has 0 bridgehead atoms. The van der Waals surface area contributed by atoms with Crippen molar-refractivity contribution in [2.45, 2.75) is 19.8 Å². The monoisotopic (exact) mass is 234 g/mol. The van der Waals surface area contributed by atoms with Crippen LogP contribution in [0.2, 0.25) is 0 Å². The molecular formula is C8H14N2O4S. The molecule has 0 amide bonds. The summed E-state index contributed by atoms with van der Waals surface area (Å²) in [4.78, 5) is 10.9. The van der Waals surface area contributed by atoms with Crippen LogP contribution in [0.4, 0.5) is 0 Å². The summed E-state index contributed by atoms with van der Waals surface area (Å²) in [7, 11) is -3.62. The van der Waals surface area contributed by atoms with Crippen molar-refractivity contribution < 1.29 is 17.9 Å². The van der Waals surface area contributed by atoms with E-state index in [1.165, 1.54) is 0 Å². The van der Waals surface area contributed by atoms with E-state index in [0.717, 1.165) is 0 Å². The molecule has 0 unspecified atom stereocenters. The summed E-state index contributed by atoms with van der Waals surface area (Å²) in [6.07, 6.45) is 0.709. The summed E-state index contributed by atoms with van der Waals surface area (Å²) in [5, 5.41) is 8.21. The van der Waals surface area contributed by atoms with E-state index in [4.69, 9.17) is 5.26 Å². The van der Waals surface area contributed by atoms with Gasteiger partial charge in [0.15, 0.2) is 5.75 Å². The second kappa shape index (κ2) is 7.20. The molecule has 0 fully saturated rings. The highest BCUT2D eigenvalue weighted by molar-refractivity contribution is 7.90. The SMILES string of the molecule is CCOC(=O)CS(=O)(=O)NCCCC#N. The van der Waals surface area contributed by atoms with Crippen LogP contribution in [-0.2, 0) is 19.6 Å². The van der Waals surface area contributed by atoms with Gasteiger partial charge in [0.1, 0.15) is 0 Å². The molecule has 6 nitrogen and oxygen atoms in total. The lowest BCUT2D eigenvalue weighted by Gasteiger charge is -2.04. The minimum atomic E-state index is -3.62. The zero-order valence-corrected chi connectivity index (χ0v) is 9.34. The Labute approximate surface area is 89.3 Å². The van der Waals surface area contributed by atoms with Crippen molar-refractivity contribution in [2.24, 2.45) is 0 Å². The number of carbonyl (C=O) groups is 1. The summed E-state index contributed by atoms with van der Waals surface area (Å²) in [5.41, 5.74) is 0. The molecular weight excluding hydrogens is 220 g/mol. The molecule has 0 aromatic rings. The standard InChI is InChI=1S/C8H14N2O4S/c1-2-14-8(11)7-15(12,13)10-6-4-3-5-9/h10H,2-4,6-7H2,1H3. The molecule has 0 aliphatic heterocycles. The Morgan fingerprint density at radius 3 is 2.73 bits per heavy atom. The van der Waals surface area contributed by atoms with Gasteiger partial charge in [-0.15, -0.1) is 0 Å². The molecule has 0 spiro atoms. The third-order valence-corrected chi connectivity index (χ3v) is 2.66. The maximum Gasteiger partial charge on any atom is 0.322 e. The third kappa shape index (κ3) is 7.90. The smallest absolute Gasteiger partial charge is 0.322 e. The molecule has 7 heteroatoms. The fraction of sp³-hybridized carbons (Fsp3) is 0.750. The van der Waals surface area contributed by atoms with Crippen LogP contribution in [0.5, 0.6) is 0 Å². The third-order valence-electron chi connectivity index (χ3n) is 1.40. The van der Waals surface area contributed by atoms with Crippen molar-refractivity contribution in [3.05, 3.63) is 0 Å². The number of hydrogen-bond acceptors (Lipinski definition) is 5. The van der Waals surface area contributed by atoms with Crippen LogP contribution in [0.15, 0.2) is 0 Å². The molecule has 0 aromatic heterocycles. The van der Waals surface area contributed by atoms with E-state index in [9.17, 15) is 13.2 Å². The van der Waals surface area contributed by atoms with E-state index >= 15 is 0 Å². The minimum absolute atomic E-state index is 0.156. The summed E-state index contributed by atoms with van der Waals surface area (Å²) < 4.78 is 29.1. The number of esters is 1. The van der Waals surface area contributed by atoms with Gasteiger partial charge in [0, 0.05) is 13.0 Å². The lowest BCUT2D eigenvalue weighted by Crippen LogP contribution is -2.31. The lowest BCUT2D eigenvalue weighted by atomic mass is 10.3. The summed E-state index contributed by atoms with van der Waals surface area (Å²) in [6, 6.07) is 1.89. The van der Waals surface area contributed by atoms with E-state index < -0.39 is 21.7 Å². The number of nitrogens with zero attached hydrogens (tertiary/aromatic N) is 1. The largest absolute Gasteiger partial charge is 0.465 e. The second-order valence-electron chi connectivity index (χ2n) is 2.72. The molecule has 0 heterocycles. The predicted octanol–water partition coefficient (Wildman–Crippen LogP) is -0.227. The average molecular weight is 234 g/mol. The number of nitriles is 1. The molecule has 1 N–H and O–H groups in total. The highest BCUT2D eigenvalue weighted by Gasteiger charge is 2.16. The average Bonchev–Trinajstić information content (AvgIpc) is 2.12. The van der Waals surface area contributed by atoms with Gasteiger partial charge in [-0.1, -0.05) is 0 Å². The van der Waals surface area contributed by atoms with E-state index in [-0.39, 0.29) is 19.6 Å². The lowest BCUT2D eigenvalue weighted by molar-refractivity contribution is -0.139. The summed E-state index contributed by atoms with van der Waals surface area (Å²) in [5.74, 6) is -1.45. The van der Waals surface area contributed by atoms with Gasteiger partial charge in [-0.25, -0.2) is 13.1 Å². The number of ether oxygens (including phenoxy) is 1. The molecule has 15 heavy (non-hydrogen) atoms. The number of rotatable bonds is 7. The van der Waals surface area contributed by atoms with Crippen LogP contribution in [0.25, 0.3) is 0 Å². The molecule has 0 aliphatic rings. The normalized spacial score (nSPS) is 10.7. The van der Waals surface area contributed by atoms with Crippen molar-refractivity contribution in [1.82, 2.24) is 4.72 Å². The van der Waals surface area contributed by atoms with Crippen molar-refractivity contribution in [3.63, 3.8) is 0 Å².